The molecular formula is C17H16BrNO. The summed E-state index contributed by atoms with van der Waals surface area (Å²) in [5.74, 6) is 0.252. The Balaban J connectivity index is 1.95. The number of rotatable bonds is 2. The molecule has 1 N–H and O–H groups in total. The molecule has 0 unspecified atom stereocenters. The fourth-order valence-corrected chi connectivity index (χ4v) is 3.03. The maximum atomic E-state index is 9.84. The van der Waals surface area contributed by atoms with Gasteiger partial charge in [-0.05, 0) is 61.1 Å². The van der Waals surface area contributed by atoms with E-state index >= 15 is 0 Å². The summed E-state index contributed by atoms with van der Waals surface area (Å²) in [7, 11) is 0. The number of phenols is 1. The smallest absolute Gasteiger partial charge is 0.124 e. The number of aliphatic imine (C=N–C) groups is 1. The molecule has 0 spiro atoms. The lowest BCUT2D eigenvalue weighted by Gasteiger charge is -2.17. The first-order valence-electron chi connectivity index (χ1n) is 6.87. The number of fused-ring (bicyclic) bond motifs is 1. The molecular weight excluding hydrogens is 314 g/mol. The van der Waals surface area contributed by atoms with Crippen LogP contribution in [0.5, 0.6) is 5.75 Å². The Morgan fingerprint density at radius 1 is 1.10 bits per heavy atom. The Kier molecular flexibility index (Phi) is 3.88. The van der Waals surface area contributed by atoms with Crippen LogP contribution in [-0.4, -0.2) is 11.3 Å². The van der Waals surface area contributed by atoms with Crippen LogP contribution in [0.2, 0.25) is 0 Å². The molecule has 102 valence electrons. The highest BCUT2D eigenvalue weighted by atomic mass is 79.9. The number of phenolic OH excluding ortho intramolecular Hbond substituents is 1. The number of aryl methyl sites for hydroxylation is 1. The van der Waals surface area contributed by atoms with Crippen LogP contribution in [0.1, 0.15) is 29.5 Å². The van der Waals surface area contributed by atoms with Crippen LogP contribution in [0, 0.1) is 0 Å². The van der Waals surface area contributed by atoms with Crippen molar-refractivity contribution in [1.82, 2.24) is 0 Å². The molecule has 0 saturated heterocycles. The van der Waals surface area contributed by atoms with Gasteiger partial charge in [-0.1, -0.05) is 28.1 Å². The van der Waals surface area contributed by atoms with E-state index in [1.165, 1.54) is 24.0 Å². The van der Waals surface area contributed by atoms with E-state index in [0.717, 1.165) is 28.6 Å². The number of hydrogen-bond acceptors (Lipinski definition) is 2. The van der Waals surface area contributed by atoms with Gasteiger partial charge in [0.05, 0.1) is 5.69 Å². The van der Waals surface area contributed by atoms with Gasteiger partial charge in [0.1, 0.15) is 5.75 Å². The second-order valence-electron chi connectivity index (χ2n) is 5.08. The summed E-state index contributed by atoms with van der Waals surface area (Å²) in [6.07, 6.45) is 6.51. The van der Waals surface area contributed by atoms with Crippen LogP contribution in [0.25, 0.3) is 0 Å². The minimum absolute atomic E-state index is 0.252. The highest BCUT2D eigenvalue weighted by Crippen LogP contribution is 2.30. The molecule has 0 fully saturated rings. The molecule has 3 rings (SSSR count). The van der Waals surface area contributed by atoms with Gasteiger partial charge in [-0.2, -0.15) is 0 Å². The molecule has 0 atom stereocenters. The van der Waals surface area contributed by atoms with Gasteiger partial charge < -0.3 is 5.11 Å². The summed E-state index contributed by atoms with van der Waals surface area (Å²) in [5.41, 5.74) is 4.54. The van der Waals surface area contributed by atoms with Gasteiger partial charge in [0.15, 0.2) is 0 Å². The first-order chi connectivity index (χ1) is 9.74. The Labute approximate surface area is 127 Å². The van der Waals surface area contributed by atoms with Gasteiger partial charge in [0.25, 0.3) is 0 Å². The minimum atomic E-state index is 0.252. The van der Waals surface area contributed by atoms with Gasteiger partial charge in [0, 0.05) is 16.3 Å². The van der Waals surface area contributed by atoms with E-state index in [1.54, 1.807) is 12.3 Å². The van der Waals surface area contributed by atoms with Crippen LogP contribution >= 0.6 is 15.9 Å². The summed E-state index contributed by atoms with van der Waals surface area (Å²) >= 11 is 3.41. The van der Waals surface area contributed by atoms with Crippen molar-refractivity contribution >= 4 is 27.8 Å². The van der Waals surface area contributed by atoms with Crippen molar-refractivity contribution in [3.05, 3.63) is 57.6 Å². The van der Waals surface area contributed by atoms with E-state index < -0.39 is 0 Å². The summed E-state index contributed by atoms with van der Waals surface area (Å²) in [6, 6.07) is 11.7. The predicted octanol–water partition coefficient (Wildman–Crippen LogP) is 4.78. The summed E-state index contributed by atoms with van der Waals surface area (Å²) in [4.78, 5) is 4.59. The molecule has 0 aromatic heterocycles. The lowest BCUT2D eigenvalue weighted by molar-refractivity contribution is 0.474. The first-order valence-corrected chi connectivity index (χ1v) is 7.67. The SMILES string of the molecule is Oc1ccc(Br)cc1C=Nc1cccc2c1CCCC2. The number of halogens is 1. The van der Waals surface area contributed by atoms with E-state index in [4.69, 9.17) is 0 Å². The molecule has 2 aromatic rings. The van der Waals surface area contributed by atoms with Crippen molar-refractivity contribution in [2.45, 2.75) is 25.7 Å². The van der Waals surface area contributed by atoms with Crippen molar-refractivity contribution in [3.63, 3.8) is 0 Å². The van der Waals surface area contributed by atoms with Crippen LogP contribution in [0.3, 0.4) is 0 Å². The highest BCUT2D eigenvalue weighted by Gasteiger charge is 2.12. The zero-order chi connectivity index (χ0) is 13.9. The quantitative estimate of drug-likeness (QED) is 0.790. The summed E-state index contributed by atoms with van der Waals surface area (Å²) in [6.45, 7) is 0. The average molecular weight is 330 g/mol. The molecule has 0 amide bonds. The van der Waals surface area contributed by atoms with Gasteiger partial charge >= 0.3 is 0 Å². The zero-order valence-corrected chi connectivity index (χ0v) is 12.7. The second kappa shape index (κ2) is 5.80. The third kappa shape index (κ3) is 2.78. The van der Waals surface area contributed by atoms with E-state index in [1.807, 2.05) is 12.1 Å². The molecule has 20 heavy (non-hydrogen) atoms. The van der Waals surface area contributed by atoms with Gasteiger partial charge in [-0.15, -0.1) is 0 Å². The fourth-order valence-electron chi connectivity index (χ4n) is 2.65. The standard InChI is InChI=1S/C17H16BrNO/c18-14-8-9-17(20)13(10-14)11-19-16-7-3-5-12-4-1-2-6-15(12)16/h3,5,7-11,20H,1-2,4,6H2. The lowest BCUT2D eigenvalue weighted by Crippen LogP contribution is -2.02. The van der Waals surface area contributed by atoms with Crippen LogP contribution < -0.4 is 0 Å². The molecule has 1 aliphatic rings. The highest BCUT2D eigenvalue weighted by molar-refractivity contribution is 9.10. The predicted molar refractivity (Wildman–Crippen MR) is 86.1 cm³/mol. The second-order valence-corrected chi connectivity index (χ2v) is 6.00. The third-order valence-corrected chi connectivity index (χ3v) is 4.20. The first kappa shape index (κ1) is 13.4. The van der Waals surface area contributed by atoms with Crippen molar-refractivity contribution in [2.24, 2.45) is 4.99 Å². The Morgan fingerprint density at radius 2 is 1.95 bits per heavy atom. The molecule has 0 bridgehead atoms. The number of benzene rings is 2. The van der Waals surface area contributed by atoms with Crippen molar-refractivity contribution in [1.29, 1.82) is 0 Å². The zero-order valence-electron chi connectivity index (χ0n) is 11.1. The van der Waals surface area contributed by atoms with Gasteiger partial charge in [-0.3, -0.25) is 4.99 Å². The third-order valence-electron chi connectivity index (χ3n) is 3.70. The van der Waals surface area contributed by atoms with E-state index in [-0.39, 0.29) is 5.75 Å². The van der Waals surface area contributed by atoms with Crippen LogP contribution in [-0.2, 0) is 12.8 Å². The van der Waals surface area contributed by atoms with Crippen LogP contribution in [0.4, 0.5) is 5.69 Å². The van der Waals surface area contributed by atoms with E-state index in [2.05, 4.69) is 39.1 Å². The van der Waals surface area contributed by atoms with Crippen molar-refractivity contribution < 1.29 is 5.11 Å². The number of nitrogens with zero attached hydrogens (tertiary/aromatic N) is 1. The number of hydrogen-bond donors (Lipinski definition) is 1. The normalized spacial score (nSPS) is 14.4. The maximum Gasteiger partial charge on any atom is 0.124 e. The van der Waals surface area contributed by atoms with Crippen LogP contribution in [0.15, 0.2) is 45.9 Å². The summed E-state index contributed by atoms with van der Waals surface area (Å²) < 4.78 is 0.937. The molecule has 1 aliphatic carbocycles. The van der Waals surface area contributed by atoms with Crippen molar-refractivity contribution in [2.75, 3.05) is 0 Å². The topological polar surface area (TPSA) is 32.6 Å². The largest absolute Gasteiger partial charge is 0.507 e. The lowest BCUT2D eigenvalue weighted by atomic mass is 9.90. The fraction of sp³-hybridized carbons (Fsp3) is 0.235. The molecule has 0 saturated carbocycles. The summed E-state index contributed by atoms with van der Waals surface area (Å²) in [5, 5.41) is 9.84. The molecule has 0 aliphatic heterocycles. The molecule has 0 radical (unpaired) electrons. The van der Waals surface area contributed by atoms with Gasteiger partial charge in [-0.25, -0.2) is 0 Å². The minimum Gasteiger partial charge on any atom is -0.507 e. The van der Waals surface area contributed by atoms with E-state index in [0.29, 0.717) is 0 Å². The molecule has 2 nitrogen and oxygen atoms in total. The number of aromatic hydroxyl groups is 1. The molecule has 0 heterocycles. The molecule has 2 aromatic carbocycles. The van der Waals surface area contributed by atoms with E-state index in [9.17, 15) is 5.11 Å². The Bertz CT molecular complexity index is 664. The van der Waals surface area contributed by atoms with Gasteiger partial charge in [0.2, 0.25) is 0 Å². The monoisotopic (exact) mass is 329 g/mol. The Morgan fingerprint density at radius 3 is 2.85 bits per heavy atom. The Hall–Kier alpha value is -1.61. The average Bonchev–Trinajstić information content (AvgIpc) is 2.48. The maximum absolute atomic E-state index is 9.84. The molecule has 3 heteroatoms. The van der Waals surface area contributed by atoms with Crippen molar-refractivity contribution in [3.8, 4) is 5.75 Å².